The van der Waals surface area contributed by atoms with Gasteiger partial charge in [-0.1, -0.05) is 0 Å². The fourth-order valence-corrected chi connectivity index (χ4v) is 3.66. The predicted molar refractivity (Wildman–Crippen MR) is 88.2 cm³/mol. The molecule has 1 aliphatic heterocycles. The van der Waals surface area contributed by atoms with Crippen LogP contribution in [0.5, 0.6) is 0 Å². The number of benzene rings is 1. The maximum atomic E-state index is 12.5. The number of furan rings is 1. The predicted octanol–water partition coefficient (Wildman–Crippen LogP) is 1.28. The molecule has 3 rings (SSSR count). The summed E-state index contributed by atoms with van der Waals surface area (Å²) in [6, 6.07) is 6.09. The number of aliphatic hydroxyl groups excluding tert-OH is 1. The molecular formula is C16H20N2O5S. The van der Waals surface area contributed by atoms with E-state index in [-0.39, 0.29) is 22.7 Å². The lowest BCUT2D eigenvalue weighted by atomic mass is 10.1. The molecule has 0 saturated carbocycles. The zero-order chi connectivity index (χ0) is 17.5. The maximum Gasteiger partial charge on any atom is 0.289 e. The number of sulfonamides is 1. The lowest BCUT2D eigenvalue weighted by Crippen LogP contribution is -2.39. The molecule has 1 amide bonds. The molecule has 1 aromatic heterocycles. The summed E-state index contributed by atoms with van der Waals surface area (Å²) in [5.74, 6) is -0.0593. The minimum absolute atomic E-state index is 0.154. The number of aliphatic hydroxyl groups is 1. The Balaban J connectivity index is 1.90. The zero-order valence-corrected chi connectivity index (χ0v) is 14.4. The van der Waals surface area contributed by atoms with Gasteiger partial charge in [-0.3, -0.25) is 4.79 Å². The van der Waals surface area contributed by atoms with Gasteiger partial charge in [-0.2, -0.15) is 0 Å². The summed E-state index contributed by atoms with van der Waals surface area (Å²) in [7, 11) is -0.604. The van der Waals surface area contributed by atoms with Crippen molar-refractivity contribution in [3.63, 3.8) is 0 Å². The number of nitrogens with zero attached hydrogens (tertiary/aromatic N) is 2. The summed E-state index contributed by atoms with van der Waals surface area (Å²) >= 11 is 0. The molecule has 130 valence electrons. The van der Waals surface area contributed by atoms with Crippen molar-refractivity contribution >= 4 is 26.9 Å². The normalized spacial score (nSPS) is 16.9. The summed E-state index contributed by atoms with van der Waals surface area (Å²) in [4.78, 5) is 14.3. The minimum Gasteiger partial charge on any atom is -0.451 e. The third-order valence-electron chi connectivity index (χ3n) is 4.23. The van der Waals surface area contributed by atoms with Crippen molar-refractivity contribution in [2.45, 2.75) is 23.8 Å². The van der Waals surface area contributed by atoms with Crippen molar-refractivity contribution in [3.8, 4) is 0 Å². The van der Waals surface area contributed by atoms with Crippen molar-refractivity contribution in [1.29, 1.82) is 0 Å². The van der Waals surface area contributed by atoms with Crippen LogP contribution in [0.2, 0.25) is 0 Å². The van der Waals surface area contributed by atoms with Crippen LogP contribution < -0.4 is 0 Å². The highest BCUT2D eigenvalue weighted by Crippen LogP contribution is 2.25. The lowest BCUT2D eigenvalue weighted by Gasteiger charge is -2.28. The molecule has 2 heterocycles. The van der Waals surface area contributed by atoms with Crippen LogP contribution in [0.1, 0.15) is 23.4 Å². The molecule has 0 radical (unpaired) electrons. The van der Waals surface area contributed by atoms with E-state index in [0.717, 1.165) is 4.31 Å². The van der Waals surface area contributed by atoms with E-state index in [1.165, 1.54) is 26.2 Å². The highest BCUT2D eigenvalue weighted by molar-refractivity contribution is 7.89. The smallest absolute Gasteiger partial charge is 0.289 e. The summed E-state index contributed by atoms with van der Waals surface area (Å²) in [5.41, 5.74) is 0.466. The monoisotopic (exact) mass is 352 g/mol. The lowest BCUT2D eigenvalue weighted by molar-refractivity contribution is 0.0522. The summed E-state index contributed by atoms with van der Waals surface area (Å²) in [6.45, 7) is 0.967. The highest BCUT2D eigenvalue weighted by Gasteiger charge is 2.25. The van der Waals surface area contributed by atoms with Gasteiger partial charge in [0.15, 0.2) is 5.76 Å². The number of piperidine rings is 1. The van der Waals surface area contributed by atoms with Crippen LogP contribution in [-0.2, 0) is 10.0 Å². The van der Waals surface area contributed by atoms with Crippen LogP contribution >= 0.6 is 0 Å². The van der Waals surface area contributed by atoms with Gasteiger partial charge in [0.1, 0.15) is 5.58 Å². The molecule has 1 saturated heterocycles. The van der Waals surface area contributed by atoms with Gasteiger partial charge in [-0.05, 0) is 37.1 Å². The molecule has 0 unspecified atom stereocenters. The Kier molecular flexibility index (Phi) is 4.37. The highest BCUT2D eigenvalue weighted by atomic mass is 32.2. The molecule has 2 aromatic rings. The van der Waals surface area contributed by atoms with Crippen LogP contribution in [-0.4, -0.2) is 61.9 Å². The molecule has 0 spiro atoms. The first-order chi connectivity index (χ1) is 11.3. The molecular weight excluding hydrogens is 332 g/mol. The second kappa shape index (κ2) is 6.19. The van der Waals surface area contributed by atoms with Gasteiger partial charge in [0.05, 0.1) is 11.0 Å². The van der Waals surface area contributed by atoms with Gasteiger partial charge < -0.3 is 14.4 Å². The number of hydrogen-bond acceptors (Lipinski definition) is 5. The average Bonchev–Trinajstić information content (AvgIpc) is 2.97. The van der Waals surface area contributed by atoms with Gasteiger partial charge in [0.2, 0.25) is 10.0 Å². The van der Waals surface area contributed by atoms with E-state index in [0.29, 0.717) is 36.9 Å². The average molecular weight is 352 g/mol. The van der Waals surface area contributed by atoms with E-state index in [2.05, 4.69) is 0 Å². The van der Waals surface area contributed by atoms with Gasteiger partial charge in [-0.15, -0.1) is 0 Å². The Morgan fingerprint density at radius 2 is 1.92 bits per heavy atom. The Morgan fingerprint density at radius 1 is 1.25 bits per heavy atom. The second-order valence-corrected chi connectivity index (χ2v) is 8.27. The van der Waals surface area contributed by atoms with Crippen LogP contribution in [0.25, 0.3) is 11.0 Å². The van der Waals surface area contributed by atoms with Gasteiger partial charge in [0.25, 0.3) is 5.91 Å². The van der Waals surface area contributed by atoms with E-state index >= 15 is 0 Å². The first-order valence-electron chi connectivity index (χ1n) is 7.72. The molecule has 0 bridgehead atoms. The molecule has 8 heteroatoms. The number of carbonyl (C=O) groups is 1. The SMILES string of the molecule is CN(C)S(=O)(=O)c1ccc2oc(C(=O)N3CCC(O)CC3)cc2c1. The van der Waals surface area contributed by atoms with Crippen LogP contribution in [0, 0.1) is 0 Å². The second-order valence-electron chi connectivity index (χ2n) is 6.12. The molecule has 24 heavy (non-hydrogen) atoms. The maximum absolute atomic E-state index is 12.5. The van der Waals surface area contributed by atoms with Crippen molar-refractivity contribution in [3.05, 3.63) is 30.0 Å². The summed E-state index contributed by atoms with van der Waals surface area (Å²) < 4.78 is 31.1. The Labute approximate surface area is 140 Å². The third kappa shape index (κ3) is 3.04. The largest absolute Gasteiger partial charge is 0.451 e. The van der Waals surface area contributed by atoms with Gasteiger partial charge in [-0.25, -0.2) is 12.7 Å². The molecule has 1 aromatic carbocycles. The molecule has 1 N–H and O–H groups in total. The van der Waals surface area contributed by atoms with Crippen molar-refractivity contribution in [1.82, 2.24) is 9.21 Å². The Hall–Kier alpha value is -1.90. The van der Waals surface area contributed by atoms with Crippen molar-refractivity contribution in [2.24, 2.45) is 0 Å². The minimum atomic E-state index is -3.54. The number of fused-ring (bicyclic) bond motifs is 1. The number of hydrogen-bond donors (Lipinski definition) is 1. The Morgan fingerprint density at radius 3 is 2.54 bits per heavy atom. The number of rotatable bonds is 3. The van der Waals surface area contributed by atoms with Crippen LogP contribution in [0.15, 0.2) is 33.6 Å². The van der Waals surface area contributed by atoms with E-state index in [1.807, 2.05) is 0 Å². The quantitative estimate of drug-likeness (QED) is 0.898. The fourth-order valence-electron chi connectivity index (χ4n) is 2.72. The van der Waals surface area contributed by atoms with E-state index in [9.17, 15) is 18.3 Å². The van der Waals surface area contributed by atoms with E-state index < -0.39 is 10.0 Å². The fraction of sp³-hybridized carbons (Fsp3) is 0.438. The standard InChI is InChI=1S/C16H20N2O5S/c1-17(2)24(21,22)13-3-4-14-11(9-13)10-15(23-14)16(20)18-7-5-12(19)6-8-18/h3-4,9-10,12,19H,5-8H2,1-2H3. The van der Waals surface area contributed by atoms with Crippen LogP contribution in [0.3, 0.4) is 0 Å². The van der Waals surface area contributed by atoms with Gasteiger partial charge >= 0.3 is 0 Å². The zero-order valence-electron chi connectivity index (χ0n) is 13.6. The van der Waals surface area contributed by atoms with Gasteiger partial charge in [0, 0.05) is 32.6 Å². The van der Waals surface area contributed by atoms with E-state index in [1.54, 1.807) is 17.0 Å². The van der Waals surface area contributed by atoms with Crippen molar-refractivity contribution < 1.29 is 22.7 Å². The molecule has 0 atom stereocenters. The number of likely N-dealkylation sites (tertiary alicyclic amines) is 1. The molecule has 1 aliphatic rings. The number of carbonyl (C=O) groups excluding carboxylic acids is 1. The van der Waals surface area contributed by atoms with Crippen LogP contribution in [0.4, 0.5) is 0 Å². The summed E-state index contributed by atoms with van der Waals surface area (Å²) in [6.07, 6.45) is 0.748. The number of amides is 1. The Bertz CT molecular complexity index is 864. The summed E-state index contributed by atoms with van der Waals surface area (Å²) in [5, 5.41) is 10.1. The molecule has 0 aliphatic carbocycles. The third-order valence-corrected chi connectivity index (χ3v) is 6.04. The first-order valence-corrected chi connectivity index (χ1v) is 9.16. The topological polar surface area (TPSA) is 91.1 Å². The van der Waals surface area contributed by atoms with Crippen molar-refractivity contribution in [2.75, 3.05) is 27.2 Å². The molecule has 7 nitrogen and oxygen atoms in total. The molecule has 1 fully saturated rings. The van der Waals surface area contributed by atoms with E-state index in [4.69, 9.17) is 4.42 Å². The first kappa shape index (κ1) is 16.9.